The Kier molecular flexibility index (Phi) is 7.44. The van der Waals surface area contributed by atoms with Crippen molar-refractivity contribution in [2.75, 3.05) is 51.8 Å². The number of nitrogens with one attached hydrogen (secondary N) is 3. The fraction of sp³-hybridized carbons (Fsp3) is 0.591. The predicted octanol–water partition coefficient (Wildman–Crippen LogP) is 0.562. The summed E-state index contributed by atoms with van der Waals surface area (Å²) < 4.78 is 10.5. The minimum absolute atomic E-state index is 0.0547. The smallest absolute Gasteiger partial charge is 0.237 e. The molecule has 3 N–H and O–H groups in total. The number of fused-ring (bicyclic) bond motifs is 1. The first-order valence-corrected chi connectivity index (χ1v) is 11.5. The molecule has 0 bridgehead atoms. The van der Waals surface area contributed by atoms with Crippen LogP contribution in [0.2, 0.25) is 0 Å². The molecule has 32 heavy (non-hydrogen) atoms. The monoisotopic (exact) mass is 461 g/mol. The molecule has 3 heterocycles. The normalized spacial score (nSPS) is 25.6. The largest absolute Gasteiger partial charge is 0.497 e. The third kappa shape index (κ3) is 5.48. The minimum Gasteiger partial charge on any atom is -0.497 e. The Morgan fingerprint density at radius 2 is 2.03 bits per heavy atom. The molecular weight excluding hydrogens is 430 g/mol. The number of ether oxygens (including phenoxy) is 2. The van der Waals surface area contributed by atoms with E-state index in [1.807, 2.05) is 29.2 Å². The third-order valence-corrected chi connectivity index (χ3v) is 6.58. The predicted molar refractivity (Wildman–Crippen MR) is 125 cm³/mol. The van der Waals surface area contributed by atoms with E-state index >= 15 is 0 Å². The first kappa shape index (κ1) is 22.8. The minimum atomic E-state index is -0.187. The Morgan fingerprint density at radius 3 is 2.75 bits per heavy atom. The van der Waals surface area contributed by atoms with Crippen LogP contribution < -0.4 is 20.7 Å². The topological polar surface area (TPSA) is 95.2 Å². The number of hydrogen-bond donors (Lipinski definition) is 3. The maximum absolute atomic E-state index is 12.5. The van der Waals surface area contributed by atoms with Crippen molar-refractivity contribution in [1.82, 2.24) is 20.4 Å². The number of carbonyl (C=O) groups is 2. The number of methoxy groups -OCH3 is 1. The molecule has 0 unspecified atom stereocenters. The Balaban J connectivity index is 1.29. The number of anilines is 1. The molecule has 0 spiro atoms. The maximum Gasteiger partial charge on any atom is 0.237 e. The molecule has 3 atom stereocenters. The van der Waals surface area contributed by atoms with Crippen LogP contribution in [-0.2, 0) is 14.3 Å². The molecule has 3 saturated heterocycles. The van der Waals surface area contributed by atoms with Gasteiger partial charge in [0, 0.05) is 50.4 Å². The Morgan fingerprint density at radius 1 is 1.28 bits per heavy atom. The van der Waals surface area contributed by atoms with Gasteiger partial charge in [-0.2, -0.15) is 0 Å². The highest BCUT2D eigenvalue weighted by Crippen LogP contribution is 2.26. The molecule has 0 saturated carbocycles. The fourth-order valence-electron chi connectivity index (χ4n) is 4.64. The van der Waals surface area contributed by atoms with Crippen LogP contribution in [0.25, 0.3) is 0 Å². The van der Waals surface area contributed by atoms with E-state index in [2.05, 4.69) is 20.9 Å². The van der Waals surface area contributed by atoms with Gasteiger partial charge in [-0.3, -0.25) is 14.5 Å². The van der Waals surface area contributed by atoms with Gasteiger partial charge in [-0.15, -0.1) is 0 Å². The zero-order valence-corrected chi connectivity index (χ0v) is 19.2. The molecule has 4 rings (SSSR count). The van der Waals surface area contributed by atoms with Gasteiger partial charge in [-0.25, -0.2) is 0 Å². The summed E-state index contributed by atoms with van der Waals surface area (Å²) in [6.45, 7) is 3.84. The highest BCUT2D eigenvalue weighted by Gasteiger charge is 2.43. The summed E-state index contributed by atoms with van der Waals surface area (Å²) in [4.78, 5) is 29.1. The quantitative estimate of drug-likeness (QED) is 0.529. The van der Waals surface area contributed by atoms with E-state index in [4.69, 9.17) is 21.7 Å². The van der Waals surface area contributed by atoms with Gasteiger partial charge in [-0.05, 0) is 49.3 Å². The second kappa shape index (κ2) is 10.5. The lowest BCUT2D eigenvalue weighted by atomic mass is 10.0. The maximum atomic E-state index is 12.5. The Hall–Kier alpha value is -2.43. The van der Waals surface area contributed by atoms with Crippen LogP contribution in [-0.4, -0.2) is 91.4 Å². The van der Waals surface area contributed by atoms with E-state index in [1.165, 1.54) is 0 Å². The van der Waals surface area contributed by atoms with Gasteiger partial charge < -0.3 is 30.3 Å². The molecule has 1 aromatic carbocycles. The number of piperazine rings is 1. The average molecular weight is 462 g/mol. The molecular formula is C22H31N5O4S. The van der Waals surface area contributed by atoms with Crippen LogP contribution in [0.1, 0.15) is 19.3 Å². The number of thiocarbonyl (C=S) groups is 1. The molecule has 0 radical (unpaired) electrons. The zero-order valence-electron chi connectivity index (χ0n) is 18.3. The number of morpholine rings is 1. The Labute approximate surface area is 193 Å². The number of amides is 2. The molecule has 174 valence electrons. The summed E-state index contributed by atoms with van der Waals surface area (Å²) in [5.74, 6) is 1.01. The van der Waals surface area contributed by atoms with Gasteiger partial charge in [0.05, 0.1) is 26.4 Å². The van der Waals surface area contributed by atoms with Crippen molar-refractivity contribution in [3.8, 4) is 5.75 Å². The first-order chi connectivity index (χ1) is 15.5. The average Bonchev–Trinajstić information content (AvgIpc) is 3.24. The second-order valence-corrected chi connectivity index (χ2v) is 8.81. The third-order valence-electron chi connectivity index (χ3n) is 6.36. The van der Waals surface area contributed by atoms with Gasteiger partial charge in [0.2, 0.25) is 11.8 Å². The van der Waals surface area contributed by atoms with E-state index in [0.29, 0.717) is 50.8 Å². The lowest BCUT2D eigenvalue weighted by Gasteiger charge is -2.37. The molecule has 3 aliphatic rings. The van der Waals surface area contributed by atoms with Gasteiger partial charge in [-0.1, -0.05) is 0 Å². The number of rotatable bonds is 6. The molecule has 1 aromatic rings. The van der Waals surface area contributed by atoms with Gasteiger partial charge >= 0.3 is 0 Å². The number of benzene rings is 1. The standard InChI is InChI=1S/C22H31N5O4S/c1-30-18-5-2-15(3-6-18)24-22(32)25-16-12-19-21(29)23-13-17(27(19)14-16)4-7-20(28)26-8-10-31-11-9-26/h2-3,5-6,16-17,19H,4,7-14H2,1H3,(H,23,29)(H2,24,25,32)/t16-,17-,19+/m1/s1. The van der Waals surface area contributed by atoms with Crippen LogP contribution in [0.5, 0.6) is 5.75 Å². The first-order valence-electron chi connectivity index (χ1n) is 11.1. The van der Waals surface area contributed by atoms with Crippen molar-refractivity contribution in [1.29, 1.82) is 0 Å². The van der Waals surface area contributed by atoms with Crippen LogP contribution in [0.4, 0.5) is 5.69 Å². The number of carbonyl (C=O) groups excluding carboxylic acids is 2. The summed E-state index contributed by atoms with van der Waals surface area (Å²) in [6.07, 6.45) is 1.90. The van der Waals surface area contributed by atoms with Crippen LogP contribution in [0.3, 0.4) is 0 Å². The van der Waals surface area contributed by atoms with Crippen molar-refractivity contribution in [3.63, 3.8) is 0 Å². The van der Waals surface area contributed by atoms with Crippen molar-refractivity contribution in [2.45, 2.75) is 37.4 Å². The highest BCUT2D eigenvalue weighted by atomic mass is 32.1. The summed E-state index contributed by atoms with van der Waals surface area (Å²) in [5, 5.41) is 10.1. The van der Waals surface area contributed by atoms with E-state index in [9.17, 15) is 9.59 Å². The van der Waals surface area contributed by atoms with E-state index in [0.717, 1.165) is 24.4 Å². The Bertz CT molecular complexity index is 830. The van der Waals surface area contributed by atoms with Crippen molar-refractivity contribution in [2.24, 2.45) is 0 Å². The van der Waals surface area contributed by atoms with E-state index < -0.39 is 0 Å². The number of nitrogens with zero attached hydrogens (tertiary/aromatic N) is 2. The number of hydrogen-bond acceptors (Lipinski definition) is 6. The van der Waals surface area contributed by atoms with Crippen LogP contribution >= 0.6 is 12.2 Å². The van der Waals surface area contributed by atoms with Gasteiger partial charge in [0.15, 0.2) is 5.11 Å². The molecule has 9 nitrogen and oxygen atoms in total. The van der Waals surface area contributed by atoms with Crippen molar-refractivity contribution < 1.29 is 19.1 Å². The van der Waals surface area contributed by atoms with Gasteiger partial charge in [0.25, 0.3) is 0 Å². The summed E-state index contributed by atoms with van der Waals surface area (Å²) in [7, 11) is 1.63. The summed E-state index contributed by atoms with van der Waals surface area (Å²) >= 11 is 5.48. The fourth-order valence-corrected chi connectivity index (χ4v) is 4.92. The molecule has 3 aliphatic heterocycles. The SMILES string of the molecule is COc1ccc(NC(=S)N[C@@H]2C[C@H]3C(=O)NC[C@@H](CCC(=O)N4CCOCC4)N3C2)cc1. The lowest BCUT2D eigenvalue weighted by Crippen LogP contribution is -2.58. The molecule has 10 heteroatoms. The summed E-state index contributed by atoms with van der Waals surface area (Å²) in [5.41, 5.74) is 0.872. The molecule has 0 aromatic heterocycles. The van der Waals surface area contributed by atoms with E-state index in [-0.39, 0.29) is 29.9 Å². The molecule has 0 aliphatic carbocycles. The zero-order chi connectivity index (χ0) is 22.5. The summed E-state index contributed by atoms with van der Waals surface area (Å²) in [6, 6.07) is 7.58. The lowest BCUT2D eigenvalue weighted by molar-refractivity contribution is -0.136. The molecule has 2 amide bonds. The second-order valence-electron chi connectivity index (χ2n) is 8.40. The van der Waals surface area contributed by atoms with Crippen molar-refractivity contribution >= 4 is 34.8 Å². The highest BCUT2D eigenvalue weighted by molar-refractivity contribution is 7.80. The van der Waals surface area contributed by atoms with Crippen LogP contribution in [0, 0.1) is 0 Å². The van der Waals surface area contributed by atoms with Gasteiger partial charge in [0.1, 0.15) is 5.75 Å². The van der Waals surface area contributed by atoms with Crippen molar-refractivity contribution in [3.05, 3.63) is 24.3 Å². The van der Waals surface area contributed by atoms with Crippen LogP contribution in [0.15, 0.2) is 24.3 Å². The van der Waals surface area contributed by atoms with E-state index in [1.54, 1.807) is 7.11 Å². The molecule has 3 fully saturated rings.